The van der Waals surface area contributed by atoms with Crippen molar-refractivity contribution in [2.24, 2.45) is 0 Å². The summed E-state index contributed by atoms with van der Waals surface area (Å²) in [6, 6.07) is 36.3. The third kappa shape index (κ3) is 14.2. The lowest BCUT2D eigenvalue weighted by atomic mass is 9.78. The molecule has 26 nitrogen and oxygen atoms in total. The van der Waals surface area contributed by atoms with Crippen molar-refractivity contribution in [3.8, 4) is 68.2 Å². The van der Waals surface area contributed by atoms with Crippen LogP contribution < -0.4 is 34.2 Å². The summed E-state index contributed by atoms with van der Waals surface area (Å²) in [5.74, 6) is 0.0868. The minimum atomic E-state index is -3.78. The van der Waals surface area contributed by atoms with Gasteiger partial charge in [-0.1, -0.05) is 12.1 Å². The third-order valence-electron chi connectivity index (χ3n) is 17.2. The number of amides is 2. The fraction of sp³-hybridized carbons (Fsp3) is 0.200. The maximum Gasteiger partial charge on any atom is 0.494 e. The Balaban J connectivity index is 0.000000174. The zero-order valence-corrected chi connectivity index (χ0v) is 59.6. The van der Waals surface area contributed by atoms with Gasteiger partial charge in [0.05, 0.1) is 93.5 Å². The molecule has 0 atom stereocenters. The third-order valence-corrected chi connectivity index (χ3v) is 20.3. The summed E-state index contributed by atoms with van der Waals surface area (Å²) in [5.41, 5.74) is 5.59. The van der Waals surface area contributed by atoms with E-state index in [4.69, 9.17) is 36.5 Å². The Kier molecular flexibility index (Phi) is 19.7. The number of sulfonamides is 2. The van der Waals surface area contributed by atoms with Gasteiger partial charge in [0.2, 0.25) is 31.8 Å². The molecule has 0 aliphatic carbocycles. The van der Waals surface area contributed by atoms with Crippen LogP contribution in [0.25, 0.3) is 101 Å². The lowest BCUT2D eigenvalue weighted by Crippen LogP contribution is -2.41. The predicted molar refractivity (Wildman–Crippen MR) is 386 cm³/mol. The lowest BCUT2D eigenvalue weighted by Gasteiger charge is -2.32. The smallest absolute Gasteiger partial charge is 0.494 e. The number of nitrogens with zero attached hydrogens (tertiary/aromatic N) is 6. The van der Waals surface area contributed by atoms with E-state index in [1.54, 1.807) is 55.6 Å². The van der Waals surface area contributed by atoms with Gasteiger partial charge in [-0.25, -0.2) is 35.6 Å². The second-order valence-electron chi connectivity index (χ2n) is 24.2. The highest BCUT2D eigenvalue weighted by atomic mass is 79.9. The van der Waals surface area contributed by atoms with E-state index in [0.717, 1.165) is 26.6 Å². The summed E-state index contributed by atoms with van der Waals surface area (Å²) in [7, 11) is 0.974. The largest absolute Gasteiger partial charge is 0.496 e. The molecule has 1 aliphatic rings. The average Bonchev–Trinajstić information content (AvgIpc) is 1.66. The molecule has 0 spiro atoms. The number of anilines is 2. The number of fused-ring (bicyclic) bond motifs is 4. The van der Waals surface area contributed by atoms with E-state index in [2.05, 4.69) is 36.5 Å². The number of methoxy groups -OCH3 is 2. The van der Waals surface area contributed by atoms with Crippen LogP contribution in [0.4, 0.5) is 31.5 Å². The molecule has 8 aromatic carbocycles. The van der Waals surface area contributed by atoms with Gasteiger partial charge in [-0.3, -0.25) is 38.4 Å². The molecule has 32 heteroatoms. The molecule has 2 N–H and O–H groups in total. The van der Waals surface area contributed by atoms with Crippen LogP contribution in [0.5, 0.6) is 11.5 Å². The molecule has 528 valence electrons. The van der Waals surface area contributed by atoms with E-state index in [1.807, 2.05) is 39.8 Å². The number of hydrogen-bond acceptors (Lipinski definition) is 20. The summed E-state index contributed by atoms with van der Waals surface area (Å²) in [6.45, 7) is 7.96. The van der Waals surface area contributed by atoms with Crippen molar-refractivity contribution in [1.82, 2.24) is 20.6 Å². The fourth-order valence-electron chi connectivity index (χ4n) is 11.0. The van der Waals surface area contributed by atoms with Crippen molar-refractivity contribution in [1.29, 1.82) is 0 Å². The molecule has 1 fully saturated rings. The van der Waals surface area contributed by atoms with E-state index in [0.29, 0.717) is 93.9 Å². The minimum Gasteiger partial charge on any atom is -0.496 e. The van der Waals surface area contributed by atoms with Crippen LogP contribution >= 0.6 is 15.9 Å². The van der Waals surface area contributed by atoms with Crippen molar-refractivity contribution in [2.45, 2.75) is 38.9 Å². The molecule has 13 rings (SSSR count). The Morgan fingerprint density at radius 1 is 0.549 bits per heavy atom. The van der Waals surface area contributed by atoms with Crippen LogP contribution in [0.1, 0.15) is 49.8 Å². The number of nitro benzene ring substituents is 2. The number of carbonyl (C=O) groups excluding carboxylic acids is 2. The van der Waals surface area contributed by atoms with E-state index in [9.17, 15) is 55.4 Å². The number of ether oxygens (including phenoxy) is 2. The van der Waals surface area contributed by atoms with Gasteiger partial charge < -0.3 is 47.1 Å². The first-order valence-electron chi connectivity index (χ1n) is 30.7. The molecule has 0 saturated carbocycles. The van der Waals surface area contributed by atoms with E-state index in [1.165, 1.54) is 120 Å². The van der Waals surface area contributed by atoms with Crippen LogP contribution in [-0.4, -0.2) is 122 Å². The number of furan rings is 2. The van der Waals surface area contributed by atoms with E-state index in [-0.39, 0.29) is 64.1 Å². The van der Waals surface area contributed by atoms with Crippen LogP contribution in [-0.2, 0) is 29.4 Å². The molecular formula is C70H64BBrF2N8O18S2. The number of hydrogen-bond donors (Lipinski definition) is 2. The molecule has 0 bridgehead atoms. The predicted octanol–water partition coefficient (Wildman–Crippen LogP) is 14.1. The van der Waals surface area contributed by atoms with Gasteiger partial charge in [-0.05, 0) is 152 Å². The molecule has 1 aliphatic heterocycles. The number of carbonyl (C=O) groups is 2. The van der Waals surface area contributed by atoms with Crippen LogP contribution in [0, 0.1) is 31.9 Å². The first-order valence-corrected chi connectivity index (χ1v) is 35.2. The monoisotopic (exact) mass is 1500 g/mol. The zero-order valence-electron chi connectivity index (χ0n) is 56.4. The first kappa shape index (κ1) is 72.2. The highest BCUT2D eigenvalue weighted by Crippen LogP contribution is 2.46. The Labute approximate surface area is 591 Å². The van der Waals surface area contributed by atoms with Gasteiger partial charge in [-0.15, -0.1) is 0 Å². The quantitative estimate of drug-likeness (QED) is 0.0515. The van der Waals surface area contributed by atoms with Crippen molar-refractivity contribution >= 4 is 127 Å². The molecule has 2 amide bonds. The Morgan fingerprint density at radius 3 is 1.39 bits per heavy atom. The van der Waals surface area contributed by atoms with Gasteiger partial charge in [-0.2, -0.15) is 0 Å². The molecule has 0 radical (unpaired) electrons. The average molecular weight is 1500 g/mol. The number of nitro groups is 2. The molecular weight excluding hydrogens is 1430 g/mol. The lowest BCUT2D eigenvalue weighted by molar-refractivity contribution is -0.384. The van der Waals surface area contributed by atoms with Crippen molar-refractivity contribution in [3.63, 3.8) is 0 Å². The SMILES string of the molecule is CNC(=O)c1c(-c2ccc(F)cc2)oc2cc(N(C)S(C)(=O)=O)c(-c3ccc(OC)c(-c4nc5ccc([N+](=O)[O-])cc5o4)c3)cc12.CNC(=O)c1c(-c2ccc(F)cc2)oc2cc(N(C)S(C)(=O)=O)c(Br)cc12.COc1ccc(B2OC(C)(C)C(C)(C)O2)cc1-c1nc2ccc([N+](=O)[O-])cc2o1.[HH]. The summed E-state index contributed by atoms with van der Waals surface area (Å²) in [4.78, 5) is 55.9. The summed E-state index contributed by atoms with van der Waals surface area (Å²) in [5, 5.41) is 28.4. The number of oxazole rings is 2. The van der Waals surface area contributed by atoms with E-state index < -0.39 is 65.8 Å². The number of halogens is 3. The van der Waals surface area contributed by atoms with Crippen molar-refractivity contribution < 1.29 is 82.9 Å². The highest BCUT2D eigenvalue weighted by Gasteiger charge is 2.52. The van der Waals surface area contributed by atoms with Gasteiger partial charge >= 0.3 is 7.12 Å². The number of nitrogens with one attached hydrogen (secondary N) is 2. The van der Waals surface area contributed by atoms with Gasteiger partial charge in [0.1, 0.15) is 56.9 Å². The standard InChI is InChI=1S/C32H25FN4O8S.C20H21BN2O6.C18H16BrFN2O4S.H2/c1-34-31(38)29-22-15-21(25(36(2)46(4,41)42)16-27(22)44-30(29)17-5-8-19(33)9-6-17)18-7-12-26(43-3)23(13-18)32-35-24-11-10-20(37(39)40)14-28(24)45-32;1-19(2)20(3,4)29-21(28-19)12-6-9-16(26-5)14(10-12)18-22-15-8-7-13(23(24)25)11-17(15)27-18;1-21-18(23)16-12-8-13(19)14(22(2)27(3,24)25)9-15(12)26-17(16)10-4-6-11(20)7-5-10;/h5-16H,1-4H3,(H,34,38);6-11H,1-5H3;4-9H,1-3H3,(H,21,23);1H. The number of rotatable bonds is 16. The van der Waals surface area contributed by atoms with E-state index >= 15 is 0 Å². The Morgan fingerprint density at radius 2 is 0.961 bits per heavy atom. The topological polar surface area (TPSA) is 334 Å². The summed E-state index contributed by atoms with van der Waals surface area (Å²) in [6.07, 6.45) is 2.14. The van der Waals surface area contributed by atoms with Crippen LogP contribution in [0.15, 0.2) is 168 Å². The first-order chi connectivity index (χ1) is 48.1. The minimum absolute atomic E-state index is 0. The van der Waals surface area contributed by atoms with Gasteiger partial charge in [0, 0.05) is 85.8 Å². The summed E-state index contributed by atoms with van der Waals surface area (Å²) >= 11 is 3.36. The summed E-state index contributed by atoms with van der Waals surface area (Å²) < 4.78 is 126. The number of non-ortho nitro benzene ring substituents is 2. The second-order valence-corrected chi connectivity index (χ2v) is 29.1. The van der Waals surface area contributed by atoms with Crippen molar-refractivity contribution in [2.75, 3.05) is 63.5 Å². The molecule has 0 unspecified atom stereocenters. The van der Waals surface area contributed by atoms with Gasteiger partial charge in [0.15, 0.2) is 11.2 Å². The van der Waals surface area contributed by atoms with Crippen LogP contribution in [0.2, 0.25) is 0 Å². The van der Waals surface area contributed by atoms with Crippen molar-refractivity contribution in [3.05, 3.63) is 193 Å². The Bertz CT molecular complexity index is 5580. The second kappa shape index (κ2) is 27.8. The number of benzene rings is 8. The fourth-order valence-corrected chi connectivity index (χ4v) is 12.7. The molecule has 12 aromatic rings. The maximum atomic E-state index is 13.7. The van der Waals surface area contributed by atoms with Crippen LogP contribution in [0.3, 0.4) is 0 Å². The molecule has 1 saturated heterocycles. The Hall–Kier alpha value is -11.1. The molecule has 102 heavy (non-hydrogen) atoms. The highest BCUT2D eigenvalue weighted by molar-refractivity contribution is 9.10. The van der Waals surface area contributed by atoms with Gasteiger partial charge in [0.25, 0.3) is 23.2 Å². The zero-order chi connectivity index (χ0) is 73.8. The molecule has 5 heterocycles. The number of aromatic nitrogens is 2. The normalized spacial score (nSPS) is 13.3. The maximum absolute atomic E-state index is 13.7. The molecule has 4 aromatic heterocycles.